The van der Waals surface area contributed by atoms with Crippen LogP contribution in [-0.2, 0) is 32.7 Å². The first-order chi connectivity index (χ1) is 23.0. The van der Waals surface area contributed by atoms with Crippen molar-refractivity contribution in [3.8, 4) is 0 Å². The Morgan fingerprint density at radius 1 is 0.562 bits per heavy atom. The predicted molar refractivity (Wildman–Crippen MR) is 197 cm³/mol. The molecule has 1 N–H and O–H groups in total. The van der Waals surface area contributed by atoms with E-state index in [1.165, 1.54) is 116 Å². The fraction of sp³-hybridized carbons (Fsp3) is 0.947. The summed E-state index contributed by atoms with van der Waals surface area (Å²) in [6.07, 6.45) is 28.6. The maximum atomic E-state index is 12.6. The van der Waals surface area contributed by atoms with Gasteiger partial charge in [-0.1, -0.05) is 155 Å². The number of nitrogens with zero attached hydrogens (tertiary/aromatic N) is 1. The van der Waals surface area contributed by atoms with Crippen LogP contribution in [-0.4, -0.2) is 74.9 Å². The summed E-state index contributed by atoms with van der Waals surface area (Å²) < 4.78 is 34.1. The number of quaternary nitrogens is 1. The van der Waals surface area contributed by atoms with Gasteiger partial charge in [-0.15, -0.1) is 0 Å². The number of carbonyl (C=O) groups excluding carboxylic acids is 2. The van der Waals surface area contributed by atoms with Gasteiger partial charge < -0.3 is 18.9 Å². The van der Waals surface area contributed by atoms with E-state index in [9.17, 15) is 19.0 Å². The number of likely N-dealkylation sites (N-methyl/N-ethyl adjacent to an activating group) is 1. The zero-order valence-corrected chi connectivity index (χ0v) is 32.9. The molecule has 1 unspecified atom stereocenters. The van der Waals surface area contributed by atoms with Crippen molar-refractivity contribution < 1.29 is 42.1 Å². The van der Waals surface area contributed by atoms with Crippen LogP contribution in [0.1, 0.15) is 181 Å². The molecule has 0 amide bonds. The molecule has 0 aliphatic rings. The molecule has 0 spiro atoms. The lowest BCUT2D eigenvalue weighted by molar-refractivity contribution is -0.870. The van der Waals surface area contributed by atoms with Crippen LogP contribution in [0.3, 0.4) is 0 Å². The first-order valence-corrected chi connectivity index (χ1v) is 21.3. The highest BCUT2D eigenvalue weighted by atomic mass is 31.2. The Kier molecular flexibility index (Phi) is 31.3. The molecule has 48 heavy (non-hydrogen) atoms. The second kappa shape index (κ2) is 32.0. The Morgan fingerprint density at radius 3 is 1.33 bits per heavy atom. The third kappa shape index (κ3) is 34.9. The summed E-state index contributed by atoms with van der Waals surface area (Å²) in [7, 11) is 1.49. The molecule has 0 aromatic heterocycles. The second-order valence-corrected chi connectivity index (χ2v) is 16.1. The lowest BCUT2D eigenvalue weighted by Crippen LogP contribution is -2.37. The molecule has 0 bridgehead atoms. The molecular weight excluding hydrogens is 629 g/mol. The standard InChI is InChI=1S/C38H76NO8P/c1-6-8-10-12-14-16-18-19-20-21-23-24-26-28-30-37(40)44-34-36(35-46-48(42,43)45-33-32-39(3,4)5)47-38(41)31-29-27-25-22-17-15-13-11-9-7-2/h36H,6-35H2,1-5H3/p+1/t36-/m1/s1. The highest BCUT2D eigenvalue weighted by Gasteiger charge is 2.27. The summed E-state index contributed by atoms with van der Waals surface area (Å²) in [6, 6.07) is 0. The number of ether oxygens (including phenoxy) is 2. The Balaban J connectivity index is 4.37. The number of hydrogen-bond donors (Lipinski definition) is 1. The van der Waals surface area contributed by atoms with Crippen LogP contribution >= 0.6 is 7.82 Å². The van der Waals surface area contributed by atoms with Gasteiger partial charge in [0, 0.05) is 12.8 Å². The van der Waals surface area contributed by atoms with Crippen molar-refractivity contribution in [3.05, 3.63) is 0 Å². The van der Waals surface area contributed by atoms with Crippen molar-refractivity contribution in [2.75, 3.05) is 47.5 Å². The van der Waals surface area contributed by atoms with Crippen molar-refractivity contribution in [1.29, 1.82) is 0 Å². The number of carbonyl (C=O) groups is 2. The third-order valence-electron chi connectivity index (χ3n) is 8.64. The van der Waals surface area contributed by atoms with E-state index in [0.717, 1.165) is 32.1 Å². The molecule has 0 rings (SSSR count). The summed E-state index contributed by atoms with van der Waals surface area (Å²) in [5, 5.41) is 0. The van der Waals surface area contributed by atoms with E-state index in [1.54, 1.807) is 0 Å². The number of unbranched alkanes of at least 4 members (excludes halogenated alkanes) is 22. The first kappa shape index (κ1) is 47.0. The molecular formula is C38H77NO8P+. The summed E-state index contributed by atoms with van der Waals surface area (Å²) in [6.45, 7) is 4.42. The lowest BCUT2D eigenvalue weighted by atomic mass is 10.0. The van der Waals surface area contributed by atoms with Gasteiger partial charge in [-0.2, -0.15) is 0 Å². The quantitative estimate of drug-likeness (QED) is 0.0297. The molecule has 0 aliphatic carbocycles. The zero-order chi connectivity index (χ0) is 35.8. The highest BCUT2D eigenvalue weighted by molar-refractivity contribution is 7.47. The topological polar surface area (TPSA) is 108 Å². The summed E-state index contributed by atoms with van der Waals surface area (Å²) in [5.41, 5.74) is 0. The van der Waals surface area contributed by atoms with Crippen molar-refractivity contribution in [2.24, 2.45) is 0 Å². The van der Waals surface area contributed by atoms with Crippen LogP contribution in [0.2, 0.25) is 0 Å². The van der Waals surface area contributed by atoms with Gasteiger partial charge in [0.2, 0.25) is 0 Å². The number of rotatable bonds is 36. The number of esters is 2. The monoisotopic (exact) mass is 707 g/mol. The van der Waals surface area contributed by atoms with Crippen LogP contribution in [0.4, 0.5) is 0 Å². The van der Waals surface area contributed by atoms with Crippen molar-refractivity contribution >= 4 is 19.8 Å². The van der Waals surface area contributed by atoms with E-state index in [4.69, 9.17) is 18.5 Å². The van der Waals surface area contributed by atoms with Gasteiger partial charge in [0.05, 0.1) is 27.7 Å². The van der Waals surface area contributed by atoms with Gasteiger partial charge >= 0.3 is 19.8 Å². The van der Waals surface area contributed by atoms with Crippen LogP contribution in [0, 0.1) is 0 Å². The Bertz CT molecular complexity index is 804. The van der Waals surface area contributed by atoms with E-state index in [2.05, 4.69) is 13.8 Å². The van der Waals surface area contributed by atoms with Gasteiger partial charge in [0.15, 0.2) is 6.10 Å². The van der Waals surface area contributed by atoms with Crippen molar-refractivity contribution in [1.82, 2.24) is 0 Å². The highest BCUT2D eigenvalue weighted by Crippen LogP contribution is 2.43. The smallest absolute Gasteiger partial charge is 0.462 e. The minimum absolute atomic E-state index is 0.0364. The van der Waals surface area contributed by atoms with Crippen LogP contribution in [0.15, 0.2) is 0 Å². The lowest BCUT2D eigenvalue weighted by Gasteiger charge is -2.24. The zero-order valence-electron chi connectivity index (χ0n) is 32.0. The fourth-order valence-corrected chi connectivity index (χ4v) is 6.23. The molecule has 0 saturated heterocycles. The third-order valence-corrected chi connectivity index (χ3v) is 9.62. The minimum atomic E-state index is -4.36. The molecule has 0 saturated carbocycles. The predicted octanol–water partition coefficient (Wildman–Crippen LogP) is 10.5. The van der Waals surface area contributed by atoms with Gasteiger partial charge in [-0.25, -0.2) is 4.57 Å². The molecule has 0 fully saturated rings. The van der Waals surface area contributed by atoms with Gasteiger partial charge in [0.1, 0.15) is 19.8 Å². The van der Waals surface area contributed by atoms with Gasteiger partial charge in [0.25, 0.3) is 0 Å². The summed E-state index contributed by atoms with van der Waals surface area (Å²) in [4.78, 5) is 35.1. The van der Waals surface area contributed by atoms with E-state index in [1.807, 2.05) is 21.1 Å². The largest absolute Gasteiger partial charge is 0.472 e. The molecule has 0 heterocycles. The number of phosphoric ester groups is 1. The number of hydrogen-bond acceptors (Lipinski definition) is 7. The summed E-state index contributed by atoms with van der Waals surface area (Å²) >= 11 is 0. The van der Waals surface area contributed by atoms with E-state index < -0.39 is 26.5 Å². The van der Waals surface area contributed by atoms with Gasteiger partial charge in [-0.3, -0.25) is 18.6 Å². The van der Waals surface area contributed by atoms with Crippen LogP contribution in [0.5, 0.6) is 0 Å². The Hall–Kier alpha value is -0.990. The molecule has 286 valence electrons. The first-order valence-electron chi connectivity index (χ1n) is 19.8. The average Bonchev–Trinajstić information content (AvgIpc) is 3.02. The van der Waals surface area contributed by atoms with Crippen LogP contribution < -0.4 is 0 Å². The minimum Gasteiger partial charge on any atom is -0.462 e. The fourth-order valence-electron chi connectivity index (χ4n) is 5.48. The van der Waals surface area contributed by atoms with Gasteiger partial charge in [-0.05, 0) is 12.8 Å². The SMILES string of the molecule is CCCCCCCCCCCCCCCCC(=O)OC[C@H](COP(=O)(O)OCC[N+](C)(C)C)OC(=O)CCCCCCCCCCCC. The van der Waals surface area contributed by atoms with Crippen molar-refractivity contribution in [3.63, 3.8) is 0 Å². The Morgan fingerprint density at radius 2 is 0.938 bits per heavy atom. The second-order valence-electron chi connectivity index (χ2n) is 14.7. The maximum Gasteiger partial charge on any atom is 0.472 e. The van der Waals surface area contributed by atoms with E-state index in [-0.39, 0.29) is 25.6 Å². The maximum absolute atomic E-state index is 12.6. The van der Waals surface area contributed by atoms with E-state index >= 15 is 0 Å². The normalized spacial score (nSPS) is 13.7. The number of phosphoric acid groups is 1. The molecule has 9 nitrogen and oxygen atoms in total. The molecule has 0 radical (unpaired) electrons. The summed E-state index contributed by atoms with van der Waals surface area (Å²) in [5.74, 6) is -0.791. The van der Waals surface area contributed by atoms with E-state index in [0.29, 0.717) is 23.9 Å². The molecule has 0 aromatic carbocycles. The average molecular weight is 707 g/mol. The van der Waals surface area contributed by atoms with Crippen molar-refractivity contribution in [2.45, 2.75) is 187 Å². The molecule has 2 atom stereocenters. The molecule has 0 aromatic rings. The Labute approximate surface area is 295 Å². The van der Waals surface area contributed by atoms with Crippen LogP contribution in [0.25, 0.3) is 0 Å². The molecule has 10 heteroatoms. The molecule has 0 aliphatic heterocycles.